The second-order valence-corrected chi connectivity index (χ2v) is 4.49. The van der Waals surface area contributed by atoms with Gasteiger partial charge in [0.05, 0.1) is 12.1 Å². The maximum atomic E-state index is 11.6. The van der Waals surface area contributed by atoms with Crippen LogP contribution in [0.5, 0.6) is 0 Å². The second kappa shape index (κ2) is 3.51. The zero-order valence-electron chi connectivity index (χ0n) is 8.77. The predicted molar refractivity (Wildman–Crippen MR) is 52.6 cm³/mol. The summed E-state index contributed by atoms with van der Waals surface area (Å²) in [6.07, 6.45) is 1.59. The van der Waals surface area contributed by atoms with Crippen LogP contribution in [0.25, 0.3) is 0 Å². The van der Waals surface area contributed by atoms with E-state index in [-0.39, 0.29) is 11.9 Å². The lowest BCUT2D eigenvalue weighted by Crippen LogP contribution is -2.61. The summed E-state index contributed by atoms with van der Waals surface area (Å²) in [5.41, 5.74) is 5.57. The summed E-state index contributed by atoms with van der Waals surface area (Å²) in [5, 5.41) is 0. The van der Waals surface area contributed by atoms with Gasteiger partial charge in [0.2, 0.25) is 5.91 Å². The van der Waals surface area contributed by atoms with Crippen molar-refractivity contribution in [3.05, 3.63) is 0 Å². The van der Waals surface area contributed by atoms with Gasteiger partial charge in [-0.3, -0.25) is 4.79 Å². The van der Waals surface area contributed by atoms with Crippen LogP contribution in [0.2, 0.25) is 0 Å². The van der Waals surface area contributed by atoms with Crippen LogP contribution >= 0.6 is 0 Å². The van der Waals surface area contributed by atoms with Gasteiger partial charge < -0.3 is 15.4 Å². The Morgan fingerprint density at radius 1 is 1.50 bits per heavy atom. The molecule has 0 aromatic rings. The second-order valence-electron chi connectivity index (χ2n) is 4.49. The lowest BCUT2D eigenvalue weighted by Gasteiger charge is -2.52. The molecule has 3 fully saturated rings. The number of methoxy groups -OCH3 is 1. The van der Waals surface area contributed by atoms with Crippen LogP contribution in [0.3, 0.4) is 0 Å². The molecule has 3 unspecified atom stereocenters. The molecular weight excluding hydrogens is 180 g/mol. The monoisotopic (exact) mass is 198 g/mol. The Balaban J connectivity index is 1.93. The fourth-order valence-electron chi connectivity index (χ4n) is 2.70. The Bertz CT molecular complexity index is 230. The Kier molecular flexibility index (Phi) is 2.49. The molecule has 2 bridgehead atoms. The molecule has 2 heterocycles. The number of carbonyl (C=O) groups excluding carboxylic acids is 1. The maximum absolute atomic E-state index is 11.6. The van der Waals surface area contributed by atoms with E-state index < -0.39 is 0 Å². The summed E-state index contributed by atoms with van der Waals surface area (Å²) in [5.74, 6) is 1.16. The van der Waals surface area contributed by atoms with Gasteiger partial charge in [-0.25, -0.2) is 0 Å². The first-order valence-electron chi connectivity index (χ1n) is 5.20. The van der Waals surface area contributed by atoms with Gasteiger partial charge in [0, 0.05) is 32.0 Å². The molecule has 1 amide bonds. The quantitative estimate of drug-likeness (QED) is 0.670. The molecule has 0 aromatic heterocycles. The minimum absolute atomic E-state index is 0.0780. The van der Waals surface area contributed by atoms with E-state index in [1.54, 1.807) is 14.0 Å². The van der Waals surface area contributed by atoms with Gasteiger partial charge in [0.15, 0.2) is 0 Å². The molecule has 2 N–H and O–H groups in total. The maximum Gasteiger partial charge on any atom is 0.239 e. The molecule has 1 aliphatic carbocycles. The molecule has 4 nitrogen and oxygen atoms in total. The Hall–Kier alpha value is -0.610. The van der Waals surface area contributed by atoms with Gasteiger partial charge in [-0.05, 0) is 13.3 Å². The molecular formula is C10H18N2O2. The molecule has 3 rings (SSSR count). The molecule has 1 saturated carbocycles. The molecule has 2 saturated heterocycles. The number of rotatable bonds is 2. The Morgan fingerprint density at radius 3 is 2.50 bits per heavy atom. The molecule has 0 radical (unpaired) electrons. The molecule has 0 spiro atoms. The van der Waals surface area contributed by atoms with Crippen LogP contribution in [0, 0.1) is 11.8 Å². The molecule has 0 aromatic carbocycles. The van der Waals surface area contributed by atoms with Crippen molar-refractivity contribution in [1.82, 2.24) is 4.90 Å². The Labute approximate surface area is 84.4 Å². The normalized spacial score (nSPS) is 37.6. The van der Waals surface area contributed by atoms with Gasteiger partial charge in [0.1, 0.15) is 0 Å². The summed E-state index contributed by atoms with van der Waals surface area (Å²) >= 11 is 0. The van der Waals surface area contributed by atoms with E-state index in [0.717, 1.165) is 13.1 Å². The minimum atomic E-state index is -0.367. The van der Waals surface area contributed by atoms with Gasteiger partial charge in [-0.1, -0.05) is 0 Å². The van der Waals surface area contributed by atoms with Crippen LogP contribution in [0.1, 0.15) is 13.3 Å². The highest BCUT2D eigenvalue weighted by Gasteiger charge is 2.48. The third kappa shape index (κ3) is 1.42. The molecule has 3 atom stereocenters. The largest absolute Gasteiger partial charge is 0.381 e. The topological polar surface area (TPSA) is 55.6 Å². The van der Waals surface area contributed by atoms with E-state index in [1.165, 1.54) is 6.42 Å². The lowest BCUT2D eigenvalue weighted by atomic mass is 9.68. The van der Waals surface area contributed by atoms with Crippen molar-refractivity contribution >= 4 is 5.91 Å². The van der Waals surface area contributed by atoms with Crippen molar-refractivity contribution in [2.24, 2.45) is 17.6 Å². The summed E-state index contributed by atoms with van der Waals surface area (Å²) in [6.45, 7) is 3.40. The lowest BCUT2D eigenvalue weighted by molar-refractivity contribution is -0.156. The van der Waals surface area contributed by atoms with Gasteiger partial charge in [-0.2, -0.15) is 0 Å². The molecule has 4 heteroatoms. The van der Waals surface area contributed by atoms with Crippen molar-refractivity contribution in [1.29, 1.82) is 0 Å². The van der Waals surface area contributed by atoms with E-state index in [0.29, 0.717) is 17.9 Å². The van der Waals surface area contributed by atoms with Crippen molar-refractivity contribution < 1.29 is 9.53 Å². The van der Waals surface area contributed by atoms with Gasteiger partial charge in [0.25, 0.3) is 0 Å². The number of ether oxygens (including phenoxy) is 1. The summed E-state index contributed by atoms with van der Waals surface area (Å²) in [4.78, 5) is 13.5. The fraction of sp³-hybridized carbons (Fsp3) is 0.900. The van der Waals surface area contributed by atoms with Crippen LogP contribution in [0.4, 0.5) is 0 Å². The standard InChI is InChI=1S/C10H18N2O2/c1-6(11)10(13)12-4-7-3-8(5-12)9(7)14-2/h6-9H,3-5,11H2,1-2H3. The SMILES string of the molecule is COC1C2CC1CN(C(=O)C(C)N)C2. The Morgan fingerprint density at radius 2 is 2.07 bits per heavy atom. The third-order valence-corrected chi connectivity index (χ3v) is 3.42. The van der Waals surface area contributed by atoms with Gasteiger partial charge in [-0.15, -0.1) is 0 Å². The average Bonchev–Trinajstić information content (AvgIpc) is 2.17. The highest BCUT2D eigenvalue weighted by Crippen LogP contribution is 2.41. The number of amides is 1. The minimum Gasteiger partial charge on any atom is -0.381 e. The molecule has 14 heavy (non-hydrogen) atoms. The first-order valence-corrected chi connectivity index (χ1v) is 5.20. The number of hydrogen-bond donors (Lipinski definition) is 1. The van der Waals surface area contributed by atoms with Crippen LogP contribution in [-0.4, -0.2) is 43.2 Å². The first kappa shape index (κ1) is 9.93. The van der Waals surface area contributed by atoms with Crippen molar-refractivity contribution in [3.63, 3.8) is 0 Å². The number of nitrogens with zero attached hydrogens (tertiary/aromatic N) is 1. The third-order valence-electron chi connectivity index (χ3n) is 3.42. The van der Waals surface area contributed by atoms with E-state index in [9.17, 15) is 4.79 Å². The smallest absolute Gasteiger partial charge is 0.239 e. The number of hydrogen-bond acceptors (Lipinski definition) is 3. The number of fused-ring (bicyclic) bond motifs is 2. The average molecular weight is 198 g/mol. The zero-order chi connectivity index (χ0) is 10.3. The number of piperidine rings is 2. The molecule has 3 aliphatic rings. The summed E-state index contributed by atoms with van der Waals surface area (Å²) in [7, 11) is 1.76. The van der Waals surface area contributed by atoms with E-state index >= 15 is 0 Å². The van der Waals surface area contributed by atoms with E-state index in [2.05, 4.69) is 0 Å². The van der Waals surface area contributed by atoms with E-state index in [4.69, 9.17) is 10.5 Å². The van der Waals surface area contributed by atoms with Crippen molar-refractivity contribution in [2.45, 2.75) is 25.5 Å². The molecule has 80 valence electrons. The summed E-state index contributed by atoms with van der Waals surface area (Å²) in [6, 6.07) is -0.367. The van der Waals surface area contributed by atoms with Crippen LogP contribution in [0.15, 0.2) is 0 Å². The number of carbonyl (C=O) groups is 1. The highest BCUT2D eigenvalue weighted by molar-refractivity contribution is 5.81. The van der Waals surface area contributed by atoms with Crippen LogP contribution < -0.4 is 5.73 Å². The number of nitrogens with two attached hydrogens (primary N) is 1. The predicted octanol–water partition coefficient (Wildman–Crippen LogP) is -0.173. The van der Waals surface area contributed by atoms with Gasteiger partial charge >= 0.3 is 0 Å². The highest BCUT2D eigenvalue weighted by atomic mass is 16.5. The fourth-order valence-corrected chi connectivity index (χ4v) is 2.70. The van der Waals surface area contributed by atoms with Crippen LogP contribution in [-0.2, 0) is 9.53 Å². The summed E-state index contributed by atoms with van der Waals surface area (Å²) < 4.78 is 5.37. The van der Waals surface area contributed by atoms with Crippen molar-refractivity contribution in [3.8, 4) is 0 Å². The van der Waals surface area contributed by atoms with Crippen molar-refractivity contribution in [2.75, 3.05) is 20.2 Å². The first-order chi connectivity index (χ1) is 6.63. The van der Waals surface area contributed by atoms with E-state index in [1.807, 2.05) is 4.90 Å². The molecule has 2 aliphatic heterocycles. The zero-order valence-corrected chi connectivity index (χ0v) is 8.77.